The van der Waals surface area contributed by atoms with Gasteiger partial charge in [0.05, 0.1) is 18.0 Å². The molecule has 0 radical (unpaired) electrons. The molecule has 4 heteroatoms. The SMILES string of the molecule is C=CC1CN2CCC1C[C@H]2[C@@H](Cl)c1ccnc2ccc(OC)cc12. The normalized spacial score (nSPS) is 30.2. The zero-order valence-corrected chi connectivity index (χ0v) is 14.7. The summed E-state index contributed by atoms with van der Waals surface area (Å²) in [5.41, 5.74) is 2.13. The Balaban J connectivity index is 1.69. The quantitative estimate of drug-likeness (QED) is 0.607. The Kier molecular flexibility index (Phi) is 4.23. The molecule has 3 aliphatic heterocycles. The molecule has 3 aliphatic rings. The summed E-state index contributed by atoms with van der Waals surface area (Å²) in [7, 11) is 1.69. The fourth-order valence-electron chi connectivity index (χ4n) is 4.40. The lowest BCUT2D eigenvalue weighted by molar-refractivity contribution is 0.0173. The van der Waals surface area contributed by atoms with Crippen LogP contribution in [-0.2, 0) is 0 Å². The minimum absolute atomic E-state index is 0.0313. The Morgan fingerprint density at radius 2 is 2.29 bits per heavy atom. The van der Waals surface area contributed by atoms with Gasteiger partial charge in [-0.1, -0.05) is 6.08 Å². The van der Waals surface area contributed by atoms with E-state index in [2.05, 4.69) is 34.7 Å². The Hall–Kier alpha value is -1.58. The van der Waals surface area contributed by atoms with E-state index in [-0.39, 0.29) is 5.38 Å². The van der Waals surface area contributed by atoms with Gasteiger partial charge in [-0.05, 0) is 61.1 Å². The van der Waals surface area contributed by atoms with Gasteiger partial charge in [-0.2, -0.15) is 0 Å². The van der Waals surface area contributed by atoms with Crippen molar-refractivity contribution in [2.24, 2.45) is 11.8 Å². The van der Waals surface area contributed by atoms with E-state index in [1.807, 2.05) is 18.3 Å². The maximum absolute atomic E-state index is 7.01. The van der Waals surface area contributed by atoms with Crippen molar-refractivity contribution in [2.75, 3.05) is 20.2 Å². The standard InChI is InChI=1S/C20H23ClN2O/c1-3-13-12-23-9-7-14(13)10-19(23)20(21)16-6-8-22-18-5-4-15(24-2)11-17(16)18/h3-6,8,11,13-14,19-20H,1,7,9-10,12H2,2H3/t13?,14?,19-,20-/m0/s1. The third-order valence-corrected chi connectivity index (χ3v) is 6.30. The van der Waals surface area contributed by atoms with E-state index in [1.165, 1.54) is 6.42 Å². The molecular formula is C20H23ClN2O. The lowest BCUT2D eigenvalue weighted by Gasteiger charge is -2.50. The van der Waals surface area contributed by atoms with Crippen LogP contribution in [0.1, 0.15) is 23.8 Å². The van der Waals surface area contributed by atoms with E-state index in [0.717, 1.165) is 47.6 Å². The number of ether oxygens (including phenoxy) is 1. The molecule has 3 unspecified atom stereocenters. The van der Waals surface area contributed by atoms with Crippen molar-refractivity contribution in [1.82, 2.24) is 9.88 Å². The molecule has 3 nitrogen and oxygen atoms in total. The number of hydrogen-bond donors (Lipinski definition) is 0. The topological polar surface area (TPSA) is 25.4 Å². The lowest BCUT2D eigenvalue weighted by atomic mass is 9.74. The van der Waals surface area contributed by atoms with Crippen LogP contribution in [0, 0.1) is 11.8 Å². The average Bonchev–Trinajstić information content (AvgIpc) is 2.66. The summed E-state index contributed by atoms with van der Waals surface area (Å²) in [4.78, 5) is 7.03. The highest BCUT2D eigenvalue weighted by Gasteiger charge is 2.42. The molecule has 24 heavy (non-hydrogen) atoms. The van der Waals surface area contributed by atoms with Gasteiger partial charge in [0.15, 0.2) is 0 Å². The van der Waals surface area contributed by atoms with Crippen LogP contribution in [0.2, 0.25) is 0 Å². The number of methoxy groups -OCH3 is 1. The molecule has 0 saturated carbocycles. The fourth-order valence-corrected chi connectivity index (χ4v) is 4.86. The Morgan fingerprint density at radius 1 is 1.42 bits per heavy atom. The molecule has 0 N–H and O–H groups in total. The van der Waals surface area contributed by atoms with E-state index < -0.39 is 0 Å². The maximum atomic E-state index is 7.01. The predicted octanol–water partition coefficient (Wildman–Crippen LogP) is 4.42. The molecule has 2 bridgehead atoms. The van der Waals surface area contributed by atoms with Crippen molar-refractivity contribution in [3.63, 3.8) is 0 Å². The van der Waals surface area contributed by atoms with Gasteiger partial charge in [0.2, 0.25) is 0 Å². The molecule has 3 fully saturated rings. The molecule has 0 spiro atoms. The summed E-state index contributed by atoms with van der Waals surface area (Å²) in [5, 5.41) is 1.07. The predicted molar refractivity (Wildman–Crippen MR) is 98.7 cm³/mol. The average molecular weight is 343 g/mol. The molecule has 126 valence electrons. The van der Waals surface area contributed by atoms with E-state index >= 15 is 0 Å². The van der Waals surface area contributed by atoms with Gasteiger partial charge >= 0.3 is 0 Å². The van der Waals surface area contributed by atoms with Gasteiger partial charge < -0.3 is 4.74 Å². The zero-order valence-electron chi connectivity index (χ0n) is 14.0. The van der Waals surface area contributed by atoms with Crippen molar-refractivity contribution >= 4 is 22.5 Å². The molecule has 1 aromatic carbocycles. The zero-order chi connectivity index (χ0) is 16.7. The van der Waals surface area contributed by atoms with Crippen LogP contribution in [0.25, 0.3) is 10.9 Å². The monoisotopic (exact) mass is 342 g/mol. The molecule has 5 atom stereocenters. The fraction of sp³-hybridized carbons (Fsp3) is 0.450. The van der Waals surface area contributed by atoms with Crippen LogP contribution < -0.4 is 4.74 Å². The summed E-state index contributed by atoms with van der Waals surface area (Å²) >= 11 is 7.01. The second kappa shape index (κ2) is 6.38. The maximum Gasteiger partial charge on any atom is 0.119 e. The van der Waals surface area contributed by atoms with Crippen LogP contribution >= 0.6 is 11.6 Å². The highest BCUT2D eigenvalue weighted by Crippen LogP contribution is 2.44. The largest absolute Gasteiger partial charge is 0.497 e. The summed E-state index contributed by atoms with van der Waals surface area (Å²) < 4.78 is 5.39. The van der Waals surface area contributed by atoms with E-state index in [9.17, 15) is 0 Å². The Morgan fingerprint density at radius 3 is 3.00 bits per heavy atom. The third-order valence-electron chi connectivity index (χ3n) is 5.77. The Bertz CT molecular complexity index is 762. The summed E-state index contributed by atoms with van der Waals surface area (Å²) in [6.07, 6.45) is 6.41. The number of alkyl halides is 1. The number of piperidine rings is 3. The first-order valence-electron chi connectivity index (χ1n) is 8.64. The first-order chi connectivity index (χ1) is 11.7. The van der Waals surface area contributed by atoms with Gasteiger partial charge in [-0.15, -0.1) is 18.2 Å². The third kappa shape index (κ3) is 2.60. The highest BCUT2D eigenvalue weighted by molar-refractivity contribution is 6.22. The number of rotatable bonds is 4. The number of nitrogens with zero attached hydrogens (tertiary/aromatic N) is 2. The van der Waals surface area contributed by atoms with Crippen molar-refractivity contribution in [3.05, 3.63) is 48.7 Å². The van der Waals surface area contributed by atoms with Gasteiger partial charge in [0.1, 0.15) is 5.75 Å². The van der Waals surface area contributed by atoms with Gasteiger partial charge in [-0.3, -0.25) is 9.88 Å². The number of hydrogen-bond acceptors (Lipinski definition) is 3. The number of benzene rings is 1. The van der Waals surface area contributed by atoms with Crippen LogP contribution in [0.15, 0.2) is 43.1 Å². The molecule has 0 aliphatic carbocycles. The first-order valence-corrected chi connectivity index (χ1v) is 9.08. The summed E-state index contributed by atoms with van der Waals surface area (Å²) in [6, 6.07) is 8.45. The van der Waals surface area contributed by atoms with Crippen molar-refractivity contribution in [2.45, 2.75) is 24.3 Å². The van der Waals surface area contributed by atoms with Gasteiger partial charge in [-0.25, -0.2) is 0 Å². The van der Waals surface area contributed by atoms with Crippen LogP contribution in [0.5, 0.6) is 5.75 Å². The lowest BCUT2D eigenvalue weighted by Crippen LogP contribution is -2.54. The number of halogens is 1. The van der Waals surface area contributed by atoms with E-state index in [0.29, 0.717) is 12.0 Å². The summed E-state index contributed by atoms with van der Waals surface area (Å²) in [5.74, 6) is 2.19. The minimum Gasteiger partial charge on any atom is -0.497 e. The molecule has 3 saturated heterocycles. The molecule has 0 amide bonds. The van der Waals surface area contributed by atoms with E-state index in [4.69, 9.17) is 16.3 Å². The molecule has 1 aromatic heterocycles. The Labute approximate surface area is 148 Å². The van der Waals surface area contributed by atoms with E-state index in [1.54, 1.807) is 7.11 Å². The second-order valence-corrected chi connectivity index (χ2v) is 7.40. The highest BCUT2D eigenvalue weighted by atomic mass is 35.5. The first kappa shape index (κ1) is 15.9. The molecule has 5 rings (SSSR count). The van der Waals surface area contributed by atoms with Crippen LogP contribution in [-0.4, -0.2) is 36.1 Å². The van der Waals surface area contributed by atoms with Crippen molar-refractivity contribution in [1.29, 1.82) is 0 Å². The smallest absolute Gasteiger partial charge is 0.119 e. The number of pyridine rings is 1. The molecule has 4 heterocycles. The van der Waals surface area contributed by atoms with Gasteiger partial charge in [0, 0.05) is 24.2 Å². The molecule has 2 aromatic rings. The summed E-state index contributed by atoms with van der Waals surface area (Å²) in [6.45, 7) is 6.25. The number of fused-ring (bicyclic) bond motifs is 4. The number of aromatic nitrogens is 1. The molecular weight excluding hydrogens is 320 g/mol. The van der Waals surface area contributed by atoms with Crippen molar-refractivity contribution < 1.29 is 4.74 Å². The minimum atomic E-state index is -0.0313. The van der Waals surface area contributed by atoms with Crippen LogP contribution in [0.4, 0.5) is 0 Å². The van der Waals surface area contributed by atoms with Crippen molar-refractivity contribution in [3.8, 4) is 5.75 Å². The van der Waals surface area contributed by atoms with Gasteiger partial charge in [0.25, 0.3) is 0 Å². The second-order valence-electron chi connectivity index (χ2n) is 6.93. The van der Waals surface area contributed by atoms with Crippen LogP contribution in [0.3, 0.4) is 0 Å².